The van der Waals surface area contributed by atoms with Crippen molar-refractivity contribution in [2.75, 3.05) is 42.0 Å². The van der Waals surface area contributed by atoms with Crippen LogP contribution in [0.2, 0.25) is 0 Å². The van der Waals surface area contributed by atoms with Crippen molar-refractivity contribution in [2.45, 2.75) is 123 Å². The summed E-state index contributed by atoms with van der Waals surface area (Å²) in [5, 5.41) is 8.49. The fourth-order valence-electron chi connectivity index (χ4n) is 7.86. The lowest BCUT2D eigenvalue weighted by molar-refractivity contribution is -0.147. The highest BCUT2D eigenvalue weighted by Gasteiger charge is 2.43. The van der Waals surface area contributed by atoms with Crippen molar-refractivity contribution in [3.63, 3.8) is 0 Å². The zero-order chi connectivity index (χ0) is 40.0. The molecule has 0 aromatic heterocycles. The van der Waals surface area contributed by atoms with E-state index in [2.05, 4.69) is 29.8 Å². The second kappa shape index (κ2) is 22.1. The van der Waals surface area contributed by atoms with Gasteiger partial charge in [-0.05, 0) is 50.3 Å². The van der Waals surface area contributed by atoms with Crippen LogP contribution in [-0.2, 0) is 44.6 Å². The number of imide groups is 1. The van der Waals surface area contributed by atoms with Gasteiger partial charge in [0.05, 0.1) is 49.8 Å². The van der Waals surface area contributed by atoms with Crippen LogP contribution in [-0.4, -0.2) is 124 Å². The number of amides is 4. The molecular weight excluding hydrogens is 678 g/mol. The predicted molar refractivity (Wildman–Crippen MR) is 205 cm³/mol. The molecule has 13 nitrogen and oxygen atoms in total. The number of carbonyl (C=O) groups excluding carboxylic acids is 5. The Labute approximate surface area is 317 Å². The number of methoxy groups -OCH3 is 3. The molecule has 0 unspecified atom stereocenters. The van der Waals surface area contributed by atoms with Crippen LogP contribution in [0.5, 0.6) is 0 Å². The summed E-state index contributed by atoms with van der Waals surface area (Å²) in [5.41, 5.74) is 0.878. The van der Waals surface area contributed by atoms with Crippen molar-refractivity contribution in [3.8, 4) is 0 Å². The van der Waals surface area contributed by atoms with E-state index in [4.69, 9.17) is 14.2 Å². The highest BCUT2D eigenvalue weighted by molar-refractivity contribution is 6.00. The minimum Gasteiger partial charge on any atom is -0.467 e. The van der Waals surface area contributed by atoms with Gasteiger partial charge in [0.25, 0.3) is 0 Å². The highest BCUT2D eigenvalue weighted by Crippen LogP contribution is 2.30. The second-order valence-corrected chi connectivity index (χ2v) is 15.1. The molecule has 1 aromatic carbocycles. The average molecular weight is 746 g/mol. The molecule has 9 atom stereocenters. The van der Waals surface area contributed by atoms with Gasteiger partial charge < -0.3 is 29.7 Å². The lowest BCUT2D eigenvalue weighted by atomic mass is 9.87. The molecule has 0 radical (unpaired) electrons. The molecule has 0 aliphatic carbocycles. The number of hydrogen-bond acceptors (Lipinski definition) is 10. The van der Waals surface area contributed by atoms with Crippen molar-refractivity contribution < 1.29 is 38.2 Å². The molecule has 3 N–H and O–H groups in total. The number of carbonyl (C=O) groups is 5. The van der Waals surface area contributed by atoms with Crippen molar-refractivity contribution in [1.29, 1.82) is 0 Å². The number of likely N-dealkylation sites (N-methyl/N-ethyl adjacent to an activating group) is 2. The van der Waals surface area contributed by atoms with Gasteiger partial charge in [-0.1, -0.05) is 85.2 Å². The Bertz CT molecular complexity index is 1330. The minimum atomic E-state index is -0.886. The van der Waals surface area contributed by atoms with E-state index in [1.165, 1.54) is 14.2 Å². The molecular formula is C40H67N5O8. The smallest absolute Gasteiger partial charge is 0.328 e. The molecule has 53 heavy (non-hydrogen) atoms. The highest BCUT2D eigenvalue weighted by atomic mass is 16.5. The van der Waals surface area contributed by atoms with Crippen LogP contribution < -0.4 is 16.0 Å². The quantitative estimate of drug-likeness (QED) is 0.160. The van der Waals surface area contributed by atoms with E-state index in [9.17, 15) is 24.0 Å². The van der Waals surface area contributed by atoms with Crippen molar-refractivity contribution in [1.82, 2.24) is 25.8 Å². The first-order valence-corrected chi connectivity index (χ1v) is 19.1. The maximum absolute atomic E-state index is 14.2. The van der Waals surface area contributed by atoms with Crippen molar-refractivity contribution in [2.24, 2.45) is 23.7 Å². The second-order valence-electron chi connectivity index (χ2n) is 15.1. The van der Waals surface area contributed by atoms with E-state index in [1.54, 1.807) is 26.0 Å². The van der Waals surface area contributed by atoms with Gasteiger partial charge in [0, 0.05) is 33.2 Å². The largest absolute Gasteiger partial charge is 0.467 e. The zero-order valence-corrected chi connectivity index (χ0v) is 34.1. The normalized spacial score (nSPS) is 19.2. The molecule has 1 aliphatic rings. The van der Waals surface area contributed by atoms with E-state index < -0.39 is 48.1 Å². The molecule has 4 amide bonds. The number of benzene rings is 1. The third-order valence-electron chi connectivity index (χ3n) is 10.9. The molecule has 1 aliphatic heterocycles. The van der Waals surface area contributed by atoms with Crippen LogP contribution >= 0.6 is 0 Å². The van der Waals surface area contributed by atoms with Gasteiger partial charge in [-0.25, -0.2) is 4.79 Å². The Kier molecular flexibility index (Phi) is 19.1. The van der Waals surface area contributed by atoms with Gasteiger partial charge in [0.15, 0.2) is 0 Å². The van der Waals surface area contributed by atoms with Crippen molar-refractivity contribution >= 4 is 29.6 Å². The number of likely N-dealkylation sites (tertiary alicyclic amines) is 1. The summed E-state index contributed by atoms with van der Waals surface area (Å²) in [6.45, 7) is 14.1. The fraction of sp³-hybridized carbons (Fsp3) is 0.725. The van der Waals surface area contributed by atoms with E-state index in [0.717, 1.165) is 18.4 Å². The average Bonchev–Trinajstić information content (AvgIpc) is 3.60. The van der Waals surface area contributed by atoms with Gasteiger partial charge in [0.1, 0.15) is 6.04 Å². The molecule has 0 bridgehead atoms. The molecule has 1 heterocycles. The number of nitrogens with one attached hydrogen (secondary N) is 3. The SMILES string of the molecule is CC[C@H](C)[C@@H]([C@@H](CC(=O)N1CCC[C@H]1[C@H](OC)[C@@H](C)C(=O)N[C@@H](Cc1ccccc1)C(=O)OC)OC)N(C)[C@H](C(=O)NC(=O)[C@@H](NC)C(C)C)C(C)C. The first-order chi connectivity index (χ1) is 25.1. The number of esters is 1. The Morgan fingerprint density at radius 3 is 2.06 bits per heavy atom. The molecule has 1 saturated heterocycles. The fourth-order valence-corrected chi connectivity index (χ4v) is 7.86. The number of nitrogens with zero attached hydrogens (tertiary/aromatic N) is 2. The minimum absolute atomic E-state index is 0.0133. The Hall–Kier alpha value is -3.39. The predicted octanol–water partition coefficient (Wildman–Crippen LogP) is 3.19. The molecule has 0 saturated carbocycles. The number of hydrogen-bond donors (Lipinski definition) is 3. The van der Waals surface area contributed by atoms with E-state index in [0.29, 0.717) is 13.0 Å². The monoisotopic (exact) mass is 745 g/mol. The first kappa shape index (κ1) is 45.8. The van der Waals surface area contributed by atoms with Gasteiger partial charge in [0.2, 0.25) is 23.6 Å². The lowest BCUT2D eigenvalue weighted by Crippen LogP contribution is -2.60. The molecule has 1 fully saturated rings. The number of ether oxygens (including phenoxy) is 3. The number of rotatable bonds is 21. The summed E-state index contributed by atoms with van der Waals surface area (Å²) in [4.78, 5) is 71.0. The molecule has 2 rings (SSSR count). The van der Waals surface area contributed by atoms with E-state index in [1.807, 2.05) is 70.0 Å². The maximum atomic E-state index is 14.2. The lowest BCUT2D eigenvalue weighted by Gasteiger charge is -2.43. The molecule has 13 heteroatoms. The van der Waals surface area contributed by atoms with Crippen LogP contribution in [0.4, 0.5) is 0 Å². The third-order valence-corrected chi connectivity index (χ3v) is 10.9. The Morgan fingerprint density at radius 2 is 1.55 bits per heavy atom. The third kappa shape index (κ3) is 12.3. The molecule has 0 spiro atoms. The zero-order valence-electron chi connectivity index (χ0n) is 34.1. The van der Waals surface area contributed by atoms with E-state index >= 15 is 0 Å². The Morgan fingerprint density at radius 1 is 0.906 bits per heavy atom. The van der Waals surface area contributed by atoms with Crippen LogP contribution in [0.3, 0.4) is 0 Å². The topological polar surface area (TPSA) is 156 Å². The van der Waals surface area contributed by atoms with E-state index in [-0.39, 0.29) is 60.4 Å². The van der Waals surface area contributed by atoms with Gasteiger partial charge in [-0.3, -0.25) is 29.4 Å². The standard InChI is InChI=1S/C40H67N5O8/c1-13-26(6)35(44(9)34(25(4)5)39(49)43-38(48)33(41-8)24(2)3)31(51-10)23-32(46)45-21-17-20-30(45)36(52-11)27(7)37(47)42-29(40(50)53-12)22-28-18-15-14-16-19-28/h14-16,18-19,24-27,29-31,33-36,41H,13,17,20-23H2,1-12H3,(H,42,47)(H,43,48,49)/t26-,27+,29-,30-,31+,33-,34-,35-,36+/m0/s1. The van der Waals surface area contributed by atoms with Crippen LogP contribution in [0, 0.1) is 23.7 Å². The summed E-state index contributed by atoms with van der Waals surface area (Å²) >= 11 is 0. The maximum Gasteiger partial charge on any atom is 0.328 e. The van der Waals surface area contributed by atoms with Gasteiger partial charge in [-0.15, -0.1) is 0 Å². The van der Waals surface area contributed by atoms with Crippen molar-refractivity contribution in [3.05, 3.63) is 35.9 Å². The van der Waals surface area contributed by atoms with Crippen LogP contribution in [0.15, 0.2) is 30.3 Å². The summed E-state index contributed by atoms with van der Waals surface area (Å²) in [6.07, 6.45) is 1.26. The van der Waals surface area contributed by atoms with Gasteiger partial charge in [-0.2, -0.15) is 0 Å². The summed E-state index contributed by atoms with van der Waals surface area (Å²) in [6, 6.07) is 6.60. The first-order valence-electron chi connectivity index (χ1n) is 19.1. The van der Waals surface area contributed by atoms with Crippen LogP contribution in [0.25, 0.3) is 0 Å². The summed E-state index contributed by atoms with van der Waals surface area (Å²) in [5.74, 6) is -2.65. The van der Waals surface area contributed by atoms with Gasteiger partial charge >= 0.3 is 5.97 Å². The molecule has 1 aromatic rings. The van der Waals surface area contributed by atoms with Crippen LogP contribution in [0.1, 0.15) is 79.7 Å². The summed E-state index contributed by atoms with van der Waals surface area (Å²) < 4.78 is 17.0. The Balaban J connectivity index is 2.29. The molecule has 300 valence electrons. The summed E-state index contributed by atoms with van der Waals surface area (Å²) in [7, 11) is 7.96.